The number of hydrogen-bond acceptors (Lipinski definition) is 2. The Balaban J connectivity index is 3.64. The predicted molar refractivity (Wildman–Crippen MR) is 29.8 cm³/mol. The molecule has 3 nitrogen and oxygen atoms in total. The van der Waals surface area contributed by atoms with Crippen molar-refractivity contribution in [2.75, 3.05) is 0 Å². The highest BCUT2D eigenvalue weighted by atomic mass is 16.3. The molecule has 0 aliphatic carbocycles. The van der Waals surface area contributed by atoms with Crippen LogP contribution in [0, 0.1) is 5.92 Å². The minimum atomic E-state index is -1.07. The smallest absolute Gasteiger partial charge is 0.246 e. The van der Waals surface area contributed by atoms with E-state index < -0.39 is 12.0 Å². The van der Waals surface area contributed by atoms with Crippen LogP contribution in [0.2, 0.25) is 0 Å². The summed E-state index contributed by atoms with van der Waals surface area (Å²) < 4.78 is 0. The van der Waals surface area contributed by atoms with Crippen LogP contribution >= 0.6 is 0 Å². The van der Waals surface area contributed by atoms with Crippen molar-refractivity contribution in [1.29, 1.82) is 0 Å². The number of hydrogen-bond donors (Lipinski definition) is 2. The van der Waals surface area contributed by atoms with E-state index in [2.05, 4.69) is 0 Å². The summed E-state index contributed by atoms with van der Waals surface area (Å²) in [4.78, 5) is 10.1. The number of primary amides is 1. The summed E-state index contributed by atoms with van der Waals surface area (Å²) in [6, 6.07) is 0. The van der Waals surface area contributed by atoms with Gasteiger partial charge in [0, 0.05) is 5.92 Å². The number of aliphatic hydroxyl groups is 1. The Morgan fingerprint density at radius 3 is 2.00 bits per heavy atom. The standard InChI is InChI=1S/C5H10NO2/c1-3(2)4(7)5(6)8/h4,7H,1-2H3,(H2,6,8). The van der Waals surface area contributed by atoms with E-state index in [9.17, 15) is 4.79 Å². The first-order chi connectivity index (χ1) is 3.55. The zero-order valence-corrected chi connectivity index (χ0v) is 5.01. The molecule has 1 radical (unpaired) electrons. The van der Waals surface area contributed by atoms with Crippen LogP contribution in [0.4, 0.5) is 0 Å². The van der Waals surface area contributed by atoms with Crippen molar-refractivity contribution in [2.24, 2.45) is 5.73 Å². The highest BCUT2D eigenvalue weighted by molar-refractivity contribution is 5.80. The van der Waals surface area contributed by atoms with Gasteiger partial charge in [0.25, 0.3) is 0 Å². The quantitative estimate of drug-likeness (QED) is 0.508. The molecule has 0 heterocycles. The summed E-state index contributed by atoms with van der Waals surface area (Å²) >= 11 is 0. The fraction of sp³-hybridized carbons (Fsp3) is 0.600. The van der Waals surface area contributed by atoms with Crippen LogP contribution < -0.4 is 5.73 Å². The lowest BCUT2D eigenvalue weighted by atomic mass is 10.1. The first-order valence-corrected chi connectivity index (χ1v) is 2.33. The third kappa shape index (κ3) is 1.93. The molecule has 0 aromatic carbocycles. The van der Waals surface area contributed by atoms with Crippen molar-refractivity contribution >= 4 is 5.91 Å². The predicted octanol–water partition coefficient (Wildman–Crippen LogP) is -0.553. The van der Waals surface area contributed by atoms with Gasteiger partial charge < -0.3 is 10.8 Å². The molecule has 0 bridgehead atoms. The fourth-order valence-corrected chi connectivity index (χ4v) is 0.285. The molecule has 0 aromatic heterocycles. The topological polar surface area (TPSA) is 63.3 Å². The van der Waals surface area contributed by atoms with E-state index in [1.165, 1.54) is 0 Å². The van der Waals surface area contributed by atoms with Gasteiger partial charge in [-0.1, -0.05) is 13.8 Å². The Labute approximate surface area is 48.5 Å². The second-order valence-corrected chi connectivity index (χ2v) is 1.88. The Hall–Kier alpha value is -0.570. The third-order valence-electron chi connectivity index (χ3n) is 0.816. The van der Waals surface area contributed by atoms with Gasteiger partial charge in [-0.05, 0) is 0 Å². The molecule has 3 heteroatoms. The van der Waals surface area contributed by atoms with Gasteiger partial charge in [-0.3, -0.25) is 4.79 Å². The van der Waals surface area contributed by atoms with E-state index in [0.29, 0.717) is 5.92 Å². The Kier molecular flexibility index (Phi) is 2.48. The van der Waals surface area contributed by atoms with Crippen LogP contribution in [0.3, 0.4) is 0 Å². The summed E-state index contributed by atoms with van der Waals surface area (Å²) in [6.07, 6.45) is -1.07. The van der Waals surface area contributed by atoms with Crippen LogP contribution in [0.25, 0.3) is 0 Å². The largest absolute Gasteiger partial charge is 0.383 e. The maximum atomic E-state index is 10.1. The normalized spacial score (nSPS) is 14.0. The van der Waals surface area contributed by atoms with E-state index in [4.69, 9.17) is 10.8 Å². The van der Waals surface area contributed by atoms with Crippen molar-refractivity contribution in [3.8, 4) is 0 Å². The van der Waals surface area contributed by atoms with Crippen molar-refractivity contribution in [1.82, 2.24) is 0 Å². The molecule has 0 aliphatic heterocycles. The summed E-state index contributed by atoms with van der Waals surface area (Å²) in [5, 5.41) is 8.69. The molecule has 0 spiro atoms. The average Bonchev–Trinajstić information content (AvgIpc) is 1.64. The van der Waals surface area contributed by atoms with Gasteiger partial charge in [-0.15, -0.1) is 0 Å². The van der Waals surface area contributed by atoms with Gasteiger partial charge in [0.05, 0.1) is 0 Å². The van der Waals surface area contributed by atoms with Gasteiger partial charge in [0.2, 0.25) is 5.91 Å². The van der Waals surface area contributed by atoms with E-state index in [-0.39, 0.29) is 0 Å². The van der Waals surface area contributed by atoms with Gasteiger partial charge in [0.15, 0.2) is 0 Å². The number of rotatable bonds is 2. The molecule has 0 aromatic rings. The van der Waals surface area contributed by atoms with E-state index in [1.807, 2.05) is 0 Å². The van der Waals surface area contributed by atoms with Crippen molar-refractivity contribution in [3.05, 3.63) is 5.92 Å². The van der Waals surface area contributed by atoms with Crippen molar-refractivity contribution in [2.45, 2.75) is 20.0 Å². The second kappa shape index (κ2) is 2.67. The minimum Gasteiger partial charge on any atom is -0.383 e. The van der Waals surface area contributed by atoms with Crippen LogP contribution in [-0.4, -0.2) is 17.1 Å². The molecule has 0 fully saturated rings. The minimum absolute atomic E-state index is 0.623. The SMILES string of the molecule is C[C](C)C(O)C(N)=O. The lowest BCUT2D eigenvalue weighted by molar-refractivity contribution is -0.125. The Morgan fingerprint density at radius 1 is 1.62 bits per heavy atom. The Morgan fingerprint density at radius 2 is 2.00 bits per heavy atom. The summed E-state index contributed by atoms with van der Waals surface area (Å²) in [7, 11) is 0. The third-order valence-corrected chi connectivity index (χ3v) is 0.816. The van der Waals surface area contributed by atoms with Gasteiger partial charge in [-0.25, -0.2) is 0 Å². The molecule has 0 rings (SSSR count). The monoisotopic (exact) mass is 116 g/mol. The maximum Gasteiger partial charge on any atom is 0.246 e. The van der Waals surface area contributed by atoms with Crippen LogP contribution in [-0.2, 0) is 4.79 Å². The molecule has 3 N–H and O–H groups in total. The van der Waals surface area contributed by atoms with Crippen LogP contribution in [0.1, 0.15) is 13.8 Å². The molecule has 0 saturated heterocycles. The average molecular weight is 116 g/mol. The number of nitrogens with two attached hydrogens (primary N) is 1. The summed E-state index contributed by atoms with van der Waals surface area (Å²) in [6.45, 7) is 3.30. The van der Waals surface area contributed by atoms with Crippen LogP contribution in [0.5, 0.6) is 0 Å². The number of carbonyl (C=O) groups excluding carboxylic acids is 1. The molecule has 1 atom stereocenters. The molecule has 0 saturated carbocycles. The van der Waals surface area contributed by atoms with Gasteiger partial charge in [0.1, 0.15) is 6.10 Å². The highest BCUT2D eigenvalue weighted by Gasteiger charge is 2.14. The molecule has 47 valence electrons. The molecule has 0 aliphatic rings. The van der Waals surface area contributed by atoms with Gasteiger partial charge in [-0.2, -0.15) is 0 Å². The van der Waals surface area contributed by atoms with E-state index in [1.54, 1.807) is 13.8 Å². The maximum absolute atomic E-state index is 10.1. The number of aliphatic hydroxyl groups excluding tert-OH is 1. The molecule has 8 heavy (non-hydrogen) atoms. The lowest BCUT2D eigenvalue weighted by Crippen LogP contribution is -2.31. The molecular formula is C5H10NO2. The van der Waals surface area contributed by atoms with Crippen molar-refractivity contribution in [3.63, 3.8) is 0 Å². The summed E-state index contributed by atoms with van der Waals surface area (Å²) in [5.41, 5.74) is 4.73. The summed E-state index contributed by atoms with van der Waals surface area (Å²) in [5.74, 6) is -0.0671. The Bertz CT molecular complexity index is 90.4. The first kappa shape index (κ1) is 7.43. The number of amides is 1. The van der Waals surface area contributed by atoms with Gasteiger partial charge >= 0.3 is 0 Å². The fourth-order valence-electron chi connectivity index (χ4n) is 0.285. The lowest BCUT2D eigenvalue weighted by Gasteiger charge is -2.07. The zero-order chi connectivity index (χ0) is 6.73. The first-order valence-electron chi connectivity index (χ1n) is 2.33. The molecule has 1 amide bonds. The zero-order valence-electron chi connectivity index (χ0n) is 5.01. The number of carbonyl (C=O) groups is 1. The van der Waals surface area contributed by atoms with E-state index >= 15 is 0 Å². The van der Waals surface area contributed by atoms with Crippen molar-refractivity contribution < 1.29 is 9.90 Å². The molecule has 1 unspecified atom stereocenters. The second-order valence-electron chi connectivity index (χ2n) is 1.88. The van der Waals surface area contributed by atoms with Crippen LogP contribution in [0.15, 0.2) is 0 Å². The van der Waals surface area contributed by atoms with E-state index in [0.717, 1.165) is 0 Å². The highest BCUT2D eigenvalue weighted by Crippen LogP contribution is 2.00. The molecular weight excluding hydrogens is 106 g/mol.